The molecule has 2 saturated heterocycles. The Morgan fingerprint density at radius 1 is 0.754 bits per heavy atom. The van der Waals surface area contributed by atoms with Crippen LogP contribution in [0.1, 0.15) is 52.4 Å². The first-order valence-electron chi connectivity index (χ1n) is 22.9. The second-order valence-electron chi connectivity index (χ2n) is 16.2. The first-order valence-corrected chi connectivity index (χ1v) is 22.9. The second kappa shape index (κ2) is 23.8. The van der Waals surface area contributed by atoms with Crippen molar-refractivity contribution in [1.29, 1.82) is 0 Å². The van der Waals surface area contributed by atoms with Crippen LogP contribution in [0.4, 0.5) is 5.82 Å². The molecule has 0 saturated carbocycles. The number of aromatic nitrogens is 4. The van der Waals surface area contributed by atoms with Gasteiger partial charge in [0.1, 0.15) is 47.7 Å². The number of nitrogens with two attached hydrogens (primary N) is 1. The molecule has 0 aliphatic carbocycles. The van der Waals surface area contributed by atoms with Gasteiger partial charge in [-0.05, 0) is 67.8 Å². The third-order valence-electron chi connectivity index (χ3n) is 11.6. The number of para-hydroxylation sites is 1. The molecule has 69 heavy (non-hydrogen) atoms. The van der Waals surface area contributed by atoms with E-state index in [0.29, 0.717) is 94.2 Å². The van der Waals surface area contributed by atoms with Crippen LogP contribution in [0, 0.1) is 0 Å². The van der Waals surface area contributed by atoms with E-state index in [1.165, 1.54) is 12.4 Å². The zero-order chi connectivity index (χ0) is 48.0. The Hall–Kier alpha value is -7.10. The summed E-state index contributed by atoms with van der Waals surface area (Å²) >= 11 is 0. The summed E-state index contributed by atoms with van der Waals surface area (Å²) in [6.07, 6.45) is 6.42. The molecule has 2 aromatic heterocycles. The van der Waals surface area contributed by atoms with Crippen molar-refractivity contribution >= 4 is 46.4 Å². The summed E-state index contributed by atoms with van der Waals surface area (Å²) in [4.78, 5) is 74.8. The lowest BCUT2D eigenvalue weighted by Crippen LogP contribution is -2.54. The minimum atomic E-state index is -1.05. The SMILES string of the molecule is Nc1ncnc2c1c(-c1ccc(Oc3ccccc3)cc1)nn2C1CCCN(C(=O)C=CCOCCOCCOCCOCCOCCOc2cccc3c2C(=O)N(C2CCC(=O)NC2=O)C3=O)C1. The minimum Gasteiger partial charge on any atom is -0.490 e. The molecule has 362 valence electrons. The Morgan fingerprint density at radius 3 is 2.14 bits per heavy atom. The van der Waals surface area contributed by atoms with Gasteiger partial charge >= 0.3 is 0 Å². The molecule has 2 atom stereocenters. The van der Waals surface area contributed by atoms with Crippen molar-refractivity contribution in [2.45, 2.75) is 37.8 Å². The summed E-state index contributed by atoms with van der Waals surface area (Å²) in [5.74, 6) is -0.456. The van der Waals surface area contributed by atoms with Gasteiger partial charge in [-0.2, -0.15) is 5.10 Å². The first kappa shape index (κ1) is 48.4. The van der Waals surface area contributed by atoms with Crippen molar-refractivity contribution in [1.82, 2.24) is 34.9 Å². The van der Waals surface area contributed by atoms with Crippen LogP contribution in [0.3, 0.4) is 0 Å². The fraction of sp³-hybridized carbons (Fsp3) is 0.388. The van der Waals surface area contributed by atoms with Crippen LogP contribution in [0.15, 0.2) is 91.3 Å². The molecule has 0 spiro atoms. The number of benzene rings is 3. The fourth-order valence-corrected chi connectivity index (χ4v) is 8.21. The van der Waals surface area contributed by atoms with Gasteiger partial charge in [0.15, 0.2) is 5.65 Å². The summed E-state index contributed by atoms with van der Waals surface area (Å²) in [5, 5.41) is 7.84. The van der Waals surface area contributed by atoms with Gasteiger partial charge in [-0.15, -0.1) is 0 Å². The molecule has 2 fully saturated rings. The van der Waals surface area contributed by atoms with Gasteiger partial charge in [0.25, 0.3) is 11.8 Å². The van der Waals surface area contributed by atoms with Gasteiger partial charge in [0.05, 0.1) is 88.6 Å². The molecule has 20 nitrogen and oxygen atoms in total. The quantitative estimate of drug-likeness (QED) is 0.0502. The predicted molar refractivity (Wildman–Crippen MR) is 248 cm³/mol. The molecule has 5 amide bonds. The number of amides is 5. The van der Waals surface area contributed by atoms with Crippen LogP contribution in [0.25, 0.3) is 22.3 Å². The lowest BCUT2D eigenvalue weighted by molar-refractivity contribution is -0.136. The standard InChI is InChI=1S/C49H54N8O12/c50-45-43-44(33-13-15-36(16-14-33)69-35-8-2-1-3-9-35)54-57(46(43)52-32-51-45)34-7-5-19-55(31-34)41(59)12-6-20-63-21-22-64-23-24-65-25-26-66-27-28-67-29-30-68-39-11-4-10-37-42(39)49(62)56(48(37)61)38-17-18-40(58)53-47(38)60/h1-4,6,8-16,32,34,38H,5,7,17-31H2,(H2,50,51,52)(H,53,58,60). The number of nitrogens with zero attached hydrogens (tertiary/aromatic N) is 6. The van der Waals surface area contributed by atoms with E-state index in [2.05, 4.69) is 15.3 Å². The number of carbonyl (C=O) groups excluding carboxylic acids is 5. The Balaban J connectivity index is 0.651. The van der Waals surface area contributed by atoms with E-state index < -0.39 is 29.7 Å². The topological polar surface area (TPSA) is 238 Å². The smallest absolute Gasteiger partial charge is 0.266 e. The van der Waals surface area contributed by atoms with Crippen LogP contribution in [0.5, 0.6) is 17.2 Å². The molecular weight excluding hydrogens is 893 g/mol. The molecule has 3 aliphatic rings. The Bertz CT molecular complexity index is 2620. The Labute approximate surface area is 397 Å². The maximum absolute atomic E-state index is 13.2. The number of anilines is 1. The van der Waals surface area contributed by atoms with Gasteiger partial charge in [0, 0.05) is 31.1 Å². The third-order valence-corrected chi connectivity index (χ3v) is 11.6. The van der Waals surface area contributed by atoms with Gasteiger partial charge in [0.2, 0.25) is 17.7 Å². The van der Waals surface area contributed by atoms with Crippen molar-refractivity contribution in [3.8, 4) is 28.5 Å². The maximum atomic E-state index is 13.2. The molecule has 3 aliphatic heterocycles. The molecule has 2 unspecified atom stereocenters. The summed E-state index contributed by atoms with van der Waals surface area (Å²) in [6.45, 7) is 4.59. The monoisotopic (exact) mass is 946 g/mol. The number of hydrogen-bond acceptors (Lipinski definition) is 16. The van der Waals surface area contributed by atoms with Crippen molar-refractivity contribution < 1.29 is 57.1 Å². The zero-order valence-corrected chi connectivity index (χ0v) is 38.0. The van der Waals surface area contributed by atoms with E-state index >= 15 is 0 Å². The number of carbonyl (C=O) groups is 5. The number of nitrogens with one attached hydrogen (secondary N) is 1. The highest BCUT2D eigenvalue weighted by molar-refractivity contribution is 6.24. The normalized spacial score (nSPS) is 17.2. The number of fused-ring (bicyclic) bond motifs is 2. The van der Waals surface area contributed by atoms with Crippen molar-refractivity contribution in [3.63, 3.8) is 0 Å². The predicted octanol–water partition coefficient (Wildman–Crippen LogP) is 4.15. The van der Waals surface area contributed by atoms with E-state index in [4.69, 9.17) is 44.0 Å². The number of piperidine rings is 2. The highest BCUT2D eigenvalue weighted by Gasteiger charge is 2.46. The molecule has 5 heterocycles. The van der Waals surface area contributed by atoms with E-state index in [1.54, 1.807) is 24.3 Å². The minimum absolute atomic E-state index is 0.0401. The summed E-state index contributed by atoms with van der Waals surface area (Å²) in [6, 6.07) is 20.7. The molecular formula is C49H54N8O12. The van der Waals surface area contributed by atoms with Crippen molar-refractivity contribution in [3.05, 3.63) is 102 Å². The highest BCUT2D eigenvalue weighted by Crippen LogP contribution is 2.36. The van der Waals surface area contributed by atoms with Crippen molar-refractivity contribution in [2.75, 3.05) is 91.5 Å². The average molecular weight is 947 g/mol. The average Bonchev–Trinajstić information content (AvgIpc) is 3.88. The Kier molecular flexibility index (Phi) is 16.7. The lowest BCUT2D eigenvalue weighted by atomic mass is 10.0. The first-order chi connectivity index (χ1) is 33.8. The number of nitrogen functional groups attached to an aromatic ring is 1. The summed E-state index contributed by atoms with van der Waals surface area (Å²) in [7, 11) is 0. The molecule has 0 radical (unpaired) electrons. The highest BCUT2D eigenvalue weighted by atomic mass is 16.6. The van der Waals surface area contributed by atoms with Gasteiger partial charge < -0.3 is 43.8 Å². The lowest BCUT2D eigenvalue weighted by Gasteiger charge is -2.32. The van der Waals surface area contributed by atoms with Crippen LogP contribution < -0.4 is 20.5 Å². The molecule has 0 bridgehead atoms. The van der Waals surface area contributed by atoms with Gasteiger partial charge in [-0.3, -0.25) is 34.2 Å². The van der Waals surface area contributed by atoms with Crippen molar-refractivity contribution in [2.24, 2.45) is 0 Å². The molecule has 3 aromatic carbocycles. The number of hydrogen-bond donors (Lipinski definition) is 2. The molecule has 5 aromatic rings. The van der Waals surface area contributed by atoms with E-state index in [-0.39, 0.29) is 61.5 Å². The van der Waals surface area contributed by atoms with Gasteiger partial charge in [-0.25, -0.2) is 14.6 Å². The number of rotatable bonds is 24. The van der Waals surface area contributed by atoms with Crippen LogP contribution in [-0.4, -0.2) is 151 Å². The third kappa shape index (κ3) is 12.1. The zero-order valence-electron chi connectivity index (χ0n) is 38.0. The summed E-state index contributed by atoms with van der Waals surface area (Å²) in [5.41, 5.74) is 8.75. The molecule has 3 N–H and O–H groups in total. The van der Waals surface area contributed by atoms with E-state index in [9.17, 15) is 24.0 Å². The molecule has 20 heteroatoms. The largest absolute Gasteiger partial charge is 0.490 e. The Morgan fingerprint density at radius 2 is 1.43 bits per heavy atom. The maximum Gasteiger partial charge on any atom is 0.266 e. The second-order valence-corrected chi connectivity index (χ2v) is 16.2. The summed E-state index contributed by atoms with van der Waals surface area (Å²) < 4.78 is 41.5. The van der Waals surface area contributed by atoms with Gasteiger partial charge in [-0.1, -0.05) is 30.3 Å². The van der Waals surface area contributed by atoms with Crippen LogP contribution >= 0.6 is 0 Å². The molecule has 8 rings (SSSR count). The fourth-order valence-electron chi connectivity index (χ4n) is 8.21. The van der Waals surface area contributed by atoms with E-state index in [1.807, 2.05) is 64.2 Å². The van der Waals surface area contributed by atoms with E-state index in [0.717, 1.165) is 29.1 Å². The number of ether oxygens (including phenoxy) is 7. The number of likely N-dealkylation sites (tertiary alicyclic amines) is 1. The number of imide groups is 2. The van der Waals surface area contributed by atoms with Crippen LogP contribution in [-0.2, 0) is 38.1 Å². The van der Waals surface area contributed by atoms with Crippen LogP contribution in [0.2, 0.25) is 0 Å².